The summed E-state index contributed by atoms with van der Waals surface area (Å²) in [6.07, 6.45) is 0.950. The first kappa shape index (κ1) is 15.9. The number of hydrogen-bond acceptors (Lipinski definition) is 6. The van der Waals surface area contributed by atoms with E-state index in [-0.39, 0.29) is 17.1 Å². The number of hydrogen-bond donors (Lipinski definition) is 2. The Balaban J connectivity index is 3.09. The summed E-state index contributed by atoms with van der Waals surface area (Å²) in [6.45, 7) is 1.44. The predicted molar refractivity (Wildman–Crippen MR) is 71.5 cm³/mol. The molecule has 1 aromatic carbocycles. The second kappa shape index (κ2) is 5.87. The van der Waals surface area contributed by atoms with Gasteiger partial charge in [0.05, 0.1) is 15.7 Å². The summed E-state index contributed by atoms with van der Waals surface area (Å²) >= 11 is 0. The van der Waals surface area contributed by atoms with Gasteiger partial charge in [-0.05, 0) is 12.1 Å². The van der Waals surface area contributed by atoms with Crippen LogP contribution in [0.5, 0.6) is 0 Å². The summed E-state index contributed by atoms with van der Waals surface area (Å²) < 4.78 is 22.7. The molecular formula is C11H14N2O6S. The monoisotopic (exact) mass is 302 g/mol. The van der Waals surface area contributed by atoms with Crippen molar-refractivity contribution in [1.82, 2.24) is 0 Å². The second-order valence-electron chi connectivity index (χ2n) is 4.33. The van der Waals surface area contributed by atoms with Crippen molar-refractivity contribution in [2.24, 2.45) is 5.92 Å². The highest BCUT2D eigenvalue weighted by Crippen LogP contribution is 2.27. The number of aliphatic carboxylic acids is 1. The minimum Gasteiger partial charge on any atom is -0.481 e. The van der Waals surface area contributed by atoms with Gasteiger partial charge in [0.25, 0.3) is 5.69 Å². The van der Waals surface area contributed by atoms with Gasteiger partial charge in [0, 0.05) is 18.9 Å². The number of rotatable bonds is 6. The molecule has 0 spiro atoms. The lowest BCUT2D eigenvalue weighted by Gasteiger charge is -2.10. The summed E-state index contributed by atoms with van der Waals surface area (Å²) in [6, 6.07) is 3.43. The first-order chi connectivity index (χ1) is 9.12. The maximum absolute atomic E-state index is 11.4. The Bertz CT molecular complexity index is 640. The molecule has 110 valence electrons. The largest absolute Gasteiger partial charge is 0.481 e. The van der Waals surface area contributed by atoms with Crippen molar-refractivity contribution in [1.29, 1.82) is 0 Å². The molecule has 0 radical (unpaired) electrons. The lowest BCUT2D eigenvalue weighted by atomic mass is 10.2. The standard InChI is InChI=1S/C11H14N2O6S/c1-7(11(14)15)6-12-9-4-3-8(20(2,18)19)5-10(9)13(16)17/h3-5,7,12H,6H2,1-2H3,(H,14,15). The number of carbonyl (C=O) groups is 1. The lowest BCUT2D eigenvalue weighted by molar-refractivity contribution is -0.384. The molecule has 0 aromatic heterocycles. The van der Waals surface area contributed by atoms with Crippen LogP contribution in [0.1, 0.15) is 6.92 Å². The number of nitro benzene ring substituents is 1. The van der Waals surface area contributed by atoms with Crippen molar-refractivity contribution < 1.29 is 23.2 Å². The highest BCUT2D eigenvalue weighted by molar-refractivity contribution is 7.90. The molecule has 0 bridgehead atoms. The summed E-state index contributed by atoms with van der Waals surface area (Å²) in [5.41, 5.74) is -0.332. The second-order valence-corrected chi connectivity index (χ2v) is 6.34. The van der Waals surface area contributed by atoms with E-state index >= 15 is 0 Å². The summed E-state index contributed by atoms with van der Waals surface area (Å²) in [5.74, 6) is -1.77. The summed E-state index contributed by atoms with van der Waals surface area (Å²) in [7, 11) is -3.55. The minimum absolute atomic E-state index is 0.00556. The van der Waals surface area contributed by atoms with Crippen molar-refractivity contribution in [3.05, 3.63) is 28.3 Å². The van der Waals surface area contributed by atoms with E-state index in [9.17, 15) is 23.3 Å². The van der Waals surface area contributed by atoms with E-state index in [1.807, 2.05) is 0 Å². The SMILES string of the molecule is CC(CNc1ccc(S(C)(=O)=O)cc1[N+](=O)[O-])C(=O)O. The fourth-order valence-corrected chi connectivity index (χ4v) is 2.03. The molecule has 0 aliphatic carbocycles. The molecule has 8 nitrogen and oxygen atoms in total. The molecule has 0 saturated heterocycles. The van der Waals surface area contributed by atoms with Crippen LogP contribution < -0.4 is 5.32 Å². The van der Waals surface area contributed by atoms with Crippen LogP contribution in [0.15, 0.2) is 23.1 Å². The Labute approximate surface area is 115 Å². The van der Waals surface area contributed by atoms with Gasteiger partial charge in [-0.1, -0.05) is 6.92 Å². The van der Waals surface area contributed by atoms with Crippen molar-refractivity contribution >= 4 is 27.2 Å². The molecule has 1 aromatic rings. The van der Waals surface area contributed by atoms with Crippen molar-refractivity contribution in [2.45, 2.75) is 11.8 Å². The third-order valence-corrected chi connectivity index (χ3v) is 3.72. The molecule has 20 heavy (non-hydrogen) atoms. The number of carboxylic acids is 1. The molecule has 1 rings (SSSR count). The zero-order valence-corrected chi connectivity index (χ0v) is 11.7. The maximum atomic E-state index is 11.4. The van der Waals surface area contributed by atoms with Gasteiger partial charge in [-0.2, -0.15) is 0 Å². The Kier molecular flexibility index (Phi) is 4.66. The molecular weight excluding hydrogens is 288 g/mol. The van der Waals surface area contributed by atoms with E-state index in [4.69, 9.17) is 5.11 Å². The van der Waals surface area contributed by atoms with Crippen LogP contribution in [-0.4, -0.2) is 37.2 Å². The molecule has 0 amide bonds. The van der Waals surface area contributed by atoms with E-state index in [1.165, 1.54) is 19.1 Å². The van der Waals surface area contributed by atoms with Crippen molar-refractivity contribution in [3.63, 3.8) is 0 Å². The molecule has 9 heteroatoms. The molecule has 0 saturated carbocycles. The third kappa shape index (κ3) is 3.92. The van der Waals surface area contributed by atoms with E-state index < -0.39 is 32.3 Å². The lowest BCUT2D eigenvalue weighted by Crippen LogP contribution is -2.20. The Morgan fingerprint density at radius 1 is 1.50 bits per heavy atom. The van der Waals surface area contributed by atoms with E-state index in [0.29, 0.717) is 0 Å². The first-order valence-corrected chi connectivity index (χ1v) is 7.47. The number of nitrogens with one attached hydrogen (secondary N) is 1. The summed E-state index contributed by atoms with van der Waals surface area (Å²) in [5, 5.41) is 22.3. The highest BCUT2D eigenvalue weighted by atomic mass is 32.2. The van der Waals surface area contributed by atoms with Gasteiger partial charge in [0.2, 0.25) is 0 Å². The Morgan fingerprint density at radius 3 is 2.55 bits per heavy atom. The highest BCUT2D eigenvalue weighted by Gasteiger charge is 2.19. The first-order valence-electron chi connectivity index (χ1n) is 5.58. The van der Waals surface area contributed by atoms with Crippen molar-refractivity contribution in [2.75, 3.05) is 18.1 Å². The molecule has 0 aliphatic heterocycles. The molecule has 2 N–H and O–H groups in total. The number of benzene rings is 1. The number of nitro groups is 1. The van der Waals surface area contributed by atoms with Gasteiger partial charge < -0.3 is 10.4 Å². The molecule has 0 aliphatic rings. The third-order valence-electron chi connectivity index (χ3n) is 2.61. The number of anilines is 1. The molecule has 0 heterocycles. The molecule has 1 unspecified atom stereocenters. The normalized spacial score (nSPS) is 12.7. The fourth-order valence-electron chi connectivity index (χ4n) is 1.39. The zero-order chi connectivity index (χ0) is 15.5. The van der Waals surface area contributed by atoms with Gasteiger partial charge in [-0.15, -0.1) is 0 Å². The average Bonchev–Trinajstić information content (AvgIpc) is 2.34. The van der Waals surface area contributed by atoms with Gasteiger partial charge in [-0.25, -0.2) is 8.42 Å². The van der Waals surface area contributed by atoms with Crippen LogP contribution in [-0.2, 0) is 14.6 Å². The Morgan fingerprint density at radius 2 is 2.10 bits per heavy atom. The summed E-state index contributed by atoms with van der Waals surface area (Å²) in [4.78, 5) is 20.7. The maximum Gasteiger partial charge on any atom is 0.308 e. The van der Waals surface area contributed by atoms with E-state index in [1.54, 1.807) is 0 Å². The van der Waals surface area contributed by atoms with E-state index in [0.717, 1.165) is 12.3 Å². The average molecular weight is 302 g/mol. The fraction of sp³-hybridized carbons (Fsp3) is 0.364. The van der Waals surface area contributed by atoms with Gasteiger partial charge in [-0.3, -0.25) is 14.9 Å². The smallest absolute Gasteiger partial charge is 0.308 e. The topological polar surface area (TPSA) is 127 Å². The zero-order valence-electron chi connectivity index (χ0n) is 10.9. The van der Waals surface area contributed by atoms with Gasteiger partial charge >= 0.3 is 5.97 Å². The van der Waals surface area contributed by atoms with Crippen LogP contribution in [0.3, 0.4) is 0 Å². The Hall–Kier alpha value is -2.16. The van der Waals surface area contributed by atoms with Crippen LogP contribution >= 0.6 is 0 Å². The number of carboxylic acid groups (broad SMARTS) is 1. The van der Waals surface area contributed by atoms with E-state index in [2.05, 4.69) is 5.32 Å². The molecule has 1 atom stereocenters. The van der Waals surface area contributed by atoms with Crippen LogP contribution in [0.4, 0.5) is 11.4 Å². The quantitative estimate of drug-likeness (QED) is 0.595. The van der Waals surface area contributed by atoms with Gasteiger partial charge in [0.1, 0.15) is 5.69 Å². The number of nitrogens with zero attached hydrogens (tertiary/aromatic N) is 1. The molecule has 0 fully saturated rings. The van der Waals surface area contributed by atoms with Crippen LogP contribution in [0, 0.1) is 16.0 Å². The van der Waals surface area contributed by atoms with Crippen LogP contribution in [0.2, 0.25) is 0 Å². The van der Waals surface area contributed by atoms with Crippen molar-refractivity contribution in [3.8, 4) is 0 Å². The van der Waals surface area contributed by atoms with Gasteiger partial charge in [0.15, 0.2) is 9.84 Å². The van der Waals surface area contributed by atoms with Crippen LogP contribution in [0.25, 0.3) is 0 Å². The number of sulfone groups is 1. The minimum atomic E-state index is -3.55. The predicted octanol–water partition coefficient (Wildman–Crippen LogP) is 1.13.